The van der Waals surface area contributed by atoms with Gasteiger partial charge in [0, 0.05) is 5.02 Å². The smallest absolute Gasteiger partial charge is 0.0418 e. The highest BCUT2D eigenvalue weighted by Crippen LogP contribution is 2.37. The third kappa shape index (κ3) is 3.17. The van der Waals surface area contributed by atoms with Gasteiger partial charge < -0.3 is 0 Å². The summed E-state index contributed by atoms with van der Waals surface area (Å²) in [4.78, 5) is 0. The van der Waals surface area contributed by atoms with Gasteiger partial charge in [-0.2, -0.15) is 0 Å². The molecule has 146 valence electrons. The van der Waals surface area contributed by atoms with Crippen LogP contribution in [0.4, 0.5) is 0 Å². The lowest BCUT2D eigenvalue weighted by atomic mass is 9.92. The van der Waals surface area contributed by atoms with Crippen molar-refractivity contribution in [3.05, 3.63) is 120 Å². The van der Waals surface area contributed by atoms with Crippen LogP contribution >= 0.6 is 11.6 Å². The van der Waals surface area contributed by atoms with E-state index in [1.807, 2.05) is 0 Å². The minimum Gasteiger partial charge on any atom is -0.0843 e. The minimum atomic E-state index is 0.749. The van der Waals surface area contributed by atoms with Crippen LogP contribution in [0.5, 0.6) is 0 Å². The van der Waals surface area contributed by atoms with Crippen LogP contribution < -0.4 is 0 Å². The summed E-state index contributed by atoms with van der Waals surface area (Å²) in [7, 11) is 0. The van der Waals surface area contributed by atoms with E-state index < -0.39 is 0 Å². The van der Waals surface area contributed by atoms with Gasteiger partial charge in [-0.15, -0.1) is 0 Å². The van der Waals surface area contributed by atoms with Crippen molar-refractivity contribution in [2.75, 3.05) is 0 Å². The molecule has 0 radical (unpaired) electrons. The molecule has 0 fully saturated rings. The first kappa shape index (κ1) is 18.2. The standard InChI is InChI=1S/C30H19Cl/c31-26-18-24(23-13-12-20-6-1-2-8-22(20)16-23)17-25(19-26)28-10-5-11-29-27-9-4-3-7-21(27)14-15-30(28)29/h1-19H. The van der Waals surface area contributed by atoms with Crippen molar-refractivity contribution in [1.82, 2.24) is 0 Å². The summed E-state index contributed by atoms with van der Waals surface area (Å²) in [6.45, 7) is 0. The average molecular weight is 415 g/mol. The van der Waals surface area contributed by atoms with Crippen LogP contribution in [0, 0.1) is 0 Å². The van der Waals surface area contributed by atoms with Crippen LogP contribution in [0.25, 0.3) is 54.6 Å². The third-order valence-corrected chi connectivity index (χ3v) is 6.30. The first-order chi connectivity index (χ1) is 15.3. The summed E-state index contributed by atoms with van der Waals surface area (Å²) in [6, 6.07) is 40.9. The topological polar surface area (TPSA) is 0 Å². The number of halogens is 1. The molecular weight excluding hydrogens is 396 g/mol. The normalized spacial score (nSPS) is 11.4. The maximum Gasteiger partial charge on any atom is 0.0418 e. The van der Waals surface area contributed by atoms with E-state index in [4.69, 9.17) is 11.6 Å². The average Bonchev–Trinajstić information content (AvgIpc) is 2.83. The number of rotatable bonds is 2. The Labute approximate surface area is 186 Å². The lowest BCUT2D eigenvalue weighted by Crippen LogP contribution is -1.86. The van der Waals surface area contributed by atoms with Crippen LogP contribution in [0.2, 0.25) is 5.02 Å². The molecule has 0 aliphatic rings. The van der Waals surface area contributed by atoms with E-state index in [2.05, 4.69) is 115 Å². The first-order valence-corrected chi connectivity index (χ1v) is 10.8. The van der Waals surface area contributed by atoms with Gasteiger partial charge in [-0.05, 0) is 78.8 Å². The van der Waals surface area contributed by atoms with E-state index in [9.17, 15) is 0 Å². The van der Waals surface area contributed by atoms with Crippen molar-refractivity contribution in [2.24, 2.45) is 0 Å². The van der Waals surface area contributed by atoms with Crippen molar-refractivity contribution >= 4 is 43.9 Å². The highest BCUT2D eigenvalue weighted by Gasteiger charge is 2.10. The van der Waals surface area contributed by atoms with Gasteiger partial charge in [0.05, 0.1) is 0 Å². The Morgan fingerprint density at radius 3 is 2.00 bits per heavy atom. The fourth-order valence-electron chi connectivity index (χ4n) is 4.57. The number of hydrogen-bond donors (Lipinski definition) is 0. The second kappa shape index (κ2) is 7.27. The summed E-state index contributed by atoms with van der Waals surface area (Å²) in [6.07, 6.45) is 0. The van der Waals surface area contributed by atoms with E-state index in [0.717, 1.165) is 16.1 Å². The third-order valence-electron chi connectivity index (χ3n) is 6.08. The number of fused-ring (bicyclic) bond motifs is 4. The van der Waals surface area contributed by atoms with Crippen LogP contribution in [0.3, 0.4) is 0 Å². The Morgan fingerprint density at radius 2 is 1.10 bits per heavy atom. The molecule has 0 heterocycles. The van der Waals surface area contributed by atoms with Crippen LogP contribution in [0.1, 0.15) is 0 Å². The Hall–Kier alpha value is -3.61. The monoisotopic (exact) mass is 414 g/mol. The summed E-state index contributed by atoms with van der Waals surface area (Å²) in [5.74, 6) is 0. The minimum absolute atomic E-state index is 0.749. The van der Waals surface area contributed by atoms with Gasteiger partial charge in [0.25, 0.3) is 0 Å². The molecule has 1 heteroatoms. The molecule has 6 aromatic carbocycles. The molecule has 0 N–H and O–H groups in total. The van der Waals surface area contributed by atoms with Gasteiger partial charge in [0.1, 0.15) is 0 Å². The molecule has 0 spiro atoms. The first-order valence-electron chi connectivity index (χ1n) is 10.5. The van der Waals surface area contributed by atoms with E-state index in [0.29, 0.717) is 0 Å². The van der Waals surface area contributed by atoms with Crippen molar-refractivity contribution in [3.8, 4) is 22.3 Å². The van der Waals surface area contributed by atoms with Crippen molar-refractivity contribution in [2.45, 2.75) is 0 Å². The van der Waals surface area contributed by atoms with Gasteiger partial charge >= 0.3 is 0 Å². The maximum absolute atomic E-state index is 6.61. The summed E-state index contributed by atoms with van der Waals surface area (Å²) < 4.78 is 0. The molecular formula is C30H19Cl. The Balaban J connectivity index is 1.56. The molecule has 0 atom stereocenters. The van der Waals surface area contributed by atoms with E-state index >= 15 is 0 Å². The van der Waals surface area contributed by atoms with Gasteiger partial charge in [0.15, 0.2) is 0 Å². The van der Waals surface area contributed by atoms with Gasteiger partial charge in [-0.25, -0.2) is 0 Å². The van der Waals surface area contributed by atoms with Gasteiger partial charge in [-0.3, -0.25) is 0 Å². The predicted octanol–water partition coefficient (Wildman–Crippen LogP) is 9.13. The SMILES string of the molecule is Clc1cc(-c2ccc3ccccc3c2)cc(-c2cccc3c2ccc2ccccc23)c1. The zero-order valence-electron chi connectivity index (χ0n) is 16.8. The Bertz CT molecular complexity index is 1590. The van der Waals surface area contributed by atoms with E-state index in [-0.39, 0.29) is 0 Å². The summed E-state index contributed by atoms with van der Waals surface area (Å²) in [5.41, 5.74) is 4.64. The van der Waals surface area contributed by atoms with Gasteiger partial charge in [-0.1, -0.05) is 103 Å². The second-order valence-corrected chi connectivity index (χ2v) is 8.41. The number of benzene rings is 6. The lowest BCUT2D eigenvalue weighted by Gasteiger charge is -2.12. The largest absolute Gasteiger partial charge is 0.0843 e. The number of hydrogen-bond acceptors (Lipinski definition) is 0. The van der Waals surface area contributed by atoms with Crippen LogP contribution in [0.15, 0.2) is 115 Å². The van der Waals surface area contributed by atoms with Crippen molar-refractivity contribution in [1.29, 1.82) is 0 Å². The molecule has 0 saturated heterocycles. The molecule has 0 unspecified atom stereocenters. The summed E-state index contributed by atoms with van der Waals surface area (Å²) in [5, 5.41) is 8.27. The molecule has 31 heavy (non-hydrogen) atoms. The molecule has 0 aromatic heterocycles. The Morgan fingerprint density at radius 1 is 0.387 bits per heavy atom. The lowest BCUT2D eigenvalue weighted by molar-refractivity contribution is 1.62. The molecule has 6 rings (SSSR count). The molecule has 0 aliphatic heterocycles. The zero-order chi connectivity index (χ0) is 20.8. The molecule has 6 aromatic rings. The fraction of sp³-hybridized carbons (Fsp3) is 0. The fourth-order valence-corrected chi connectivity index (χ4v) is 4.81. The highest BCUT2D eigenvalue weighted by molar-refractivity contribution is 6.31. The molecule has 0 nitrogen and oxygen atoms in total. The molecule has 0 amide bonds. The second-order valence-electron chi connectivity index (χ2n) is 7.98. The molecule has 0 aliphatic carbocycles. The van der Waals surface area contributed by atoms with Crippen LogP contribution in [-0.2, 0) is 0 Å². The van der Waals surface area contributed by atoms with Crippen LogP contribution in [-0.4, -0.2) is 0 Å². The zero-order valence-corrected chi connectivity index (χ0v) is 17.6. The quantitative estimate of drug-likeness (QED) is 0.248. The van der Waals surface area contributed by atoms with Crippen molar-refractivity contribution in [3.63, 3.8) is 0 Å². The molecule has 0 saturated carbocycles. The van der Waals surface area contributed by atoms with Crippen molar-refractivity contribution < 1.29 is 0 Å². The maximum atomic E-state index is 6.61. The highest BCUT2D eigenvalue weighted by atomic mass is 35.5. The molecule has 0 bridgehead atoms. The summed E-state index contributed by atoms with van der Waals surface area (Å²) >= 11 is 6.61. The van der Waals surface area contributed by atoms with E-state index in [1.54, 1.807) is 0 Å². The van der Waals surface area contributed by atoms with E-state index in [1.165, 1.54) is 43.4 Å². The Kier molecular flexibility index (Phi) is 4.26. The predicted molar refractivity (Wildman–Crippen MR) is 135 cm³/mol. The van der Waals surface area contributed by atoms with Gasteiger partial charge in [0.2, 0.25) is 0 Å².